The molecule has 114 valence electrons. The van der Waals surface area contributed by atoms with Gasteiger partial charge < -0.3 is 11.1 Å². The molecule has 0 heterocycles. The van der Waals surface area contributed by atoms with Gasteiger partial charge in [0.25, 0.3) is 0 Å². The first-order chi connectivity index (χ1) is 10.8. The van der Waals surface area contributed by atoms with Crippen molar-refractivity contribution in [2.75, 3.05) is 11.1 Å². The van der Waals surface area contributed by atoms with Crippen molar-refractivity contribution in [1.29, 1.82) is 0 Å². The van der Waals surface area contributed by atoms with Crippen LogP contribution in [0, 0.1) is 0 Å². The molecule has 0 aromatic heterocycles. The van der Waals surface area contributed by atoms with Gasteiger partial charge in [0.05, 0.1) is 11.4 Å². The quantitative estimate of drug-likeness (QED) is 0.583. The molecule has 3 rings (SSSR count). The number of hydrogen-bond donors (Lipinski definition) is 2. The normalized spacial score (nSPS) is 16.0. The first-order valence-corrected chi connectivity index (χ1v) is 7.93. The van der Waals surface area contributed by atoms with Crippen LogP contribution >= 0.6 is 0 Å². The van der Waals surface area contributed by atoms with Gasteiger partial charge >= 0.3 is 0 Å². The molecular formula is C18H22N4. The summed E-state index contributed by atoms with van der Waals surface area (Å²) in [6.07, 6.45) is 6.61. The van der Waals surface area contributed by atoms with E-state index in [1.807, 2.05) is 36.4 Å². The van der Waals surface area contributed by atoms with Gasteiger partial charge in [0.2, 0.25) is 0 Å². The van der Waals surface area contributed by atoms with E-state index in [4.69, 9.17) is 5.73 Å². The Bertz CT molecular complexity index is 611. The molecular weight excluding hydrogens is 272 g/mol. The second-order valence-corrected chi connectivity index (χ2v) is 5.82. The first kappa shape index (κ1) is 14.6. The summed E-state index contributed by atoms with van der Waals surface area (Å²) in [4.78, 5) is 0. The van der Waals surface area contributed by atoms with E-state index in [9.17, 15) is 0 Å². The van der Waals surface area contributed by atoms with E-state index in [0.717, 1.165) is 17.1 Å². The number of anilines is 2. The largest absolute Gasteiger partial charge is 0.399 e. The highest BCUT2D eigenvalue weighted by atomic mass is 15.1. The molecule has 0 saturated heterocycles. The summed E-state index contributed by atoms with van der Waals surface area (Å²) < 4.78 is 0. The Labute approximate surface area is 131 Å². The van der Waals surface area contributed by atoms with Gasteiger partial charge in [0.15, 0.2) is 0 Å². The number of nitrogen functional groups attached to an aromatic ring is 1. The van der Waals surface area contributed by atoms with Gasteiger partial charge in [-0.05, 0) is 61.4 Å². The van der Waals surface area contributed by atoms with Crippen molar-refractivity contribution in [3.63, 3.8) is 0 Å². The zero-order valence-corrected chi connectivity index (χ0v) is 12.7. The summed E-state index contributed by atoms with van der Waals surface area (Å²) in [5.74, 6) is 0. The molecule has 2 aromatic rings. The van der Waals surface area contributed by atoms with E-state index in [2.05, 4.69) is 27.7 Å². The number of nitrogens with two attached hydrogens (primary N) is 1. The van der Waals surface area contributed by atoms with Crippen LogP contribution in [-0.4, -0.2) is 6.04 Å². The molecule has 1 aliphatic rings. The molecule has 1 saturated carbocycles. The topological polar surface area (TPSA) is 62.8 Å². The Kier molecular flexibility index (Phi) is 4.68. The molecule has 4 nitrogen and oxygen atoms in total. The third-order valence-electron chi connectivity index (χ3n) is 4.02. The predicted octanol–water partition coefficient (Wildman–Crippen LogP) is 5.43. The highest BCUT2D eigenvalue weighted by Gasteiger charge is 2.12. The maximum absolute atomic E-state index is 5.65. The van der Waals surface area contributed by atoms with Crippen LogP contribution in [0.5, 0.6) is 0 Å². The lowest BCUT2D eigenvalue weighted by molar-refractivity contribution is 0.463. The molecule has 22 heavy (non-hydrogen) atoms. The molecule has 0 bridgehead atoms. The van der Waals surface area contributed by atoms with Crippen LogP contribution in [0.1, 0.15) is 32.1 Å². The number of nitrogens with one attached hydrogen (secondary N) is 1. The first-order valence-electron chi connectivity index (χ1n) is 7.93. The third-order valence-corrected chi connectivity index (χ3v) is 4.02. The second kappa shape index (κ2) is 7.07. The fraction of sp³-hybridized carbons (Fsp3) is 0.333. The predicted molar refractivity (Wildman–Crippen MR) is 92.0 cm³/mol. The van der Waals surface area contributed by atoms with Crippen LogP contribution in [0.4, 0.5) is 22.7 Å². The molecule has 2 aromatic carbocycles. The zero-order chi connectivity index (χ0) is 15.2. The molecule has 0 amide bonds. The minimum absolute atomic E-state index is 0.621. The monoisotopic (exact) mass is 294 g/mol. The van der Waals surface area contributed by atoms with E-state index in [1.54, 1.807) is 0 Å². The molecule has 4 heteroatoms. The fourth-order valence-electron chi connectivity index (χ4n) is 2.76. The Morgan fingerprint density at radius 2 is 1.32 bits per heavy atom. The van der Waals surface area contributed by atoms with Gasteiger partial charge in [-0.3, -0.25) is 0 Å². The van der Waals surface area contributed by atoms with Crippen molar-refractivity contribution in [3.8, 4) is 0 Å². The number of hydrogen-bond acceptors (Lipinski definition) is 4. The average molecular weight is 294 g/mol. The molecule has 1 aliphatic carbocycles. The van der Waals surface area contributed by atoms with Crippen molar-refractivity contribution in [3.05, 3.63) is 48.5 Å². The number of rotatable bonds is 4. The molecule has 0 radical (unpaired) electrons. The fourth-order valence-corrected chi connectivity index (χ4v) is 2.76. The maximum atomic E-state index is 5.65. The lowest BCUT2D eigenvalue weighted by atomic mass is 9.95. The van der Waals surface area contributed by atoms with E-state index in [-0.39, 0.29) is 0 Å². The van der Waals surface area contributed by atoms with Gasteiger partial charge in [0.1, 0.15) is 0 Å². The van der Waals surface area contributed by atoms with E-state index in [1.165, 1.54) is 37.8 Å². The zero-order valence-electron chi connectivity index (χ0n) is 12.7. The van der Waals surface area contributed by atoms with Crippen LogP contribution in [0.15, 0.2) is 58.8 Å². The van der Waals surface area contributed by atoms with Crippen molar-refractivity contribution in [2.24, 2.45) is 10.2 Å². The summed E-state index contributed by atoms with van der Waals surface area (Å²) in [7, 11) is 0. The van der Waals surface area contributed by atoms with Gasteiger partial charge in [-0.25, -0.2) is 0 Å². The van der Waals surface area contributed by atoms with Crippen LogP contribution in [0.25, 0.3) is 0 Å². The van der Waals surface area contributed by atoms with Crippen LogP contribution in [0.2, 0.25) is 0 Å². The molecule has 3 N–H and O–H groups in total. The van der Waals surface area contributed by atoms with Crippen molar-refractivity contribution in [1.82, 2.24) is 0 Å². The van der Waals surface area contributed by atoms with Gasteiger partial charge in [-0.2, -0.15) is 10.2 Å². The van der Waals surface area contributed by atoms with Crippen LogP contribution < -0.4 is 11.1 Å². The summed E-state index contributed by atoms with van der Waals surface area (Å²) in [6, 6.07) is 16.1. The van der Waals surface area contributed by atoms with Crippen molar-refractivity contribution < 1.29 is 0 Å². The van der Waals surface area contributed by atoms with E-state index in [0.29, 0.717) is 6.04 Å². The highest BCUT2D eigenvalue weighted by Crippen LogP contribution is 2.24. The molecule has 0 atom stereocenters. The van der Waals surface area contributed by atoms with Crippen molar-refractivity contribution >= 4 is 22.7 Å². The Balaban J connectivity index is 1.59. The number of benzene rings is 2. The lowest BCUT2D eigenvalue weighted by Crippen LogP contribution is -2.21. The van der Waals surface area contributed by atoms with Gasteiger partial charge in [0, 0.05) is 17.4 Å². The summed E-state index contributed by atoms with van der Waals surface area (Å²) in [5.41, 5.74) is 9.20. The van der Waals surface area contributed by atoms with Crippen LogP contribution in [0.3, 0.4) is 0 Å². The Hall–Kier alpha value is -2.36. The van der Waals surface area contributed by atoms with E-state index >= 15 is 0 Å². The SMILES string of the molecule is Nc1ccc(N=Nc2ccc(NC3CCCCC3)cc2)cc1. The minimum Gasteiger partial charge on any atom is -0.399 e. The maximum Gasteiger partial charge on any atom is 0.0858 e. The van der Waals surface area contributed by atoms with Crippen LogP contribution in [-0.2, 0) is 0 Å². The Morgan fingerprint density at radius 3 is 1.91 bits per heavy atom. The lowest BCUT2D eigenvalue weighted by Gasteiger charge is -2.23. The minimum atomic E-state index is 0.621. The van der Waals surface area contributed by atoms with Gasteiger partial charge in [-0.1, -0.05) is 19.3 Å². The summed E-state index contributed by atoms with van der Waals surface area (Å²) >= 11 is 0. The number of nitrogens with zero attached hydrogens (tertiary/aromatic N) is 2. The average Bonchev–Trinajstić information content (AvgIpc) is 2.57. The third kappa shape index (κ3) is 4.07. The molecule has 1 fully saturated rings. The molecule has 0 spiro atoms. The highest BCUT2D eigenvalue weighted by molar-refractivity contribution is 5.52. The smallest absolute Gasteiger partial charge is 0.0858 e. The standard InChI is InChI=1S/C18H22N4/c19-14-6-8-17(9-7-14)21-22-18-12-10-16(11-13-18)20-15-4-2-1-3-5-15/h6-13,15,20H,1-5,19H2. The second-order valence-electron chi connectivity index (χ2n) is 5.82. The summed E-state index contributed by atoms with van der Waals surface area (Å²) in [6.45, 7) is 0. The summed E-state index contributed by atoms with van der Waals surface area (Å²) in [5, 5.41) is 12.1. The van der Waals surface area contributed by atoms with Gasteiger partial charge in [-0.15, -0.1) is 0 Å². The van der Waals surface area contributed by atoms with Crippen molar-refractivity contribution in [2.45, 2.75) is 38.1 Å². The van der Waals surface area contributed by atoms with E-state index < -0.39 is 0 Å². The number of azo groups is 1. The molecule has 0 aliphatic heterocycles. The molecule has 0 unspecified atom stereocenters. The Morgan fingerprint density at radius 1 is 0.773 bits per heavy atom.